The molecule has 0 amide bonds. The lowest BCUT2D eigenvalue weighted by atomic mass is 10.0. The summed E-state index contributed by atoms with van der Waals surface area (Å²) < 4.78 is 0. The summed E-state index contributed by atoms with van der Waals surface area (Å²) in [6.45, 7) is 4.69. The fraction of sp³-hybridized carbons (Fsp3) is 0.286. The normalized spacial score (nSPS) is 10.9. The van der Waals surface area contributed by atoms with Crippen LogP contribution in [-0.4, -0.2) is 9.97 Å². The van der Waals surface area contributed by atoms with Crippen molar-refractivity contribution < 1.29 is 0 Å². The average Bonchev–Trinajstić information content (AvgIpc) is 2.38. The van der Waals surface area contributed by atoms with E-state index in [-0.39, 0.29) is 0 Å². The molecule has 0 aliphatic heterocycles. The van der Waals surface area contributed by atoms with Crippen molar-refractivity contribution in [1.82, 2.24) is 9.97 Å². The molecule has 0 saturated carbocycles. The van der Waals surface area contributed by atoms with Crippen molar-refractivity contribution in [2.24, 2.45) is 5.73 Å². The van der Waals surface area contributed by atoms with Gasteiger partial charge in [0.1, 0.15) is 5.82 Å². The predicted octanol–water partition coefficient (Wildman–Crippen LogP) is 2.31. The Balaban J connectivity index is 2.34. The van der Waals surface area contributed by atoms with Crippen LogP contribution in [0.3, 0.4) is 0 Å². The minimum atomic E-state index is 0.360. The van der Waals surface area contributed by atoms with Crippen LogP contribution in [0.1, 0.15) is 30.9 Å². The Labute approximate surface area is 107 Å². The number of nitrogen functional groups attached to an aromatic ring is 1. The van der Waals surface area contributed by atoms with Crippen LogP contribution in [0.2, 0.25) is 0 Å². The summed E-state index contributed by atoms with van der Waals surface area (Å²) in [5.74, 6) is 1.61. The van der Waals surface area contributed by atoms with Gasteiger partial charge in [0, 0.05) is 23.9 Å². The third kappa shape index (κ3) is 2.49. The third-order valence-electron chi connectivity index (χ3n) is 2.95. The topological polar surface area (TPSA) is 77.8 Å². The van der Waals surface area contributed by atoms with E-state index in [0.29, 0.717) is 24.1 Å². The highest BCUT2D eigenvalue weighted by Crippen LogP contribution is 2.21. The number of anilines is 1. The summed E-state index contributed by atoms with van der Waals surface area (Å²) in [4.78, 5) is 8.56. The SMILES string of the molecule is CC(C)c1ccc(-c2ncc(CN)c(N)n2)cc1. The maximum Gasteiger partial charge on any atom is 0.161 e. The molecule has 1 aromatic heterocycles. The van der Waals surface area contributed by atoms with Crippen LogP contribution < -0.4 is 11.5 Å². The molecule has 1 heterocycles. The van der Waals surface area contributed by atoms with Crippen molar-refractivity contribution in [1.29, 1.82) is 0 Å². The molecular weight excluding hydrogens is 224 g/mol. The van der Waals surface area contributed by atoms with Crippen LogP contribution in [0.15, 0.2) is 30.5 Å². The van der Waals surface area contributed by atoms with Gasteiger partial charge in [-0.15, -0.1) is 0 Å². The first-order valence-electron chi connectivity index (χ1n) is 6.03. The van der Waals surface area contributed by atoms with Gasteiger partial charge >= 0.3 is 0 Å². The van der Waals surface area contributed by atoms with Crippen LogP contribution in [0.25, 0.3) is 11.4 Å². The Bertz CT molecular complexity index is 532. The molecule has 0 fully saturated rings. The van der Waals surface area contributed by atoms with Gasteiger partial charge in [-0.3, -0.25) is 0 Å². The summed E-state index contributed by atoms with van der Waals surface area (Å²) >= 11 is 0. The van der Waals surface area contributed by atoms with Gasteiger partial charge in [-0.1, -0.05) is 38.1 Å². The van der Waals surface area contributed by atoms with E-state index in [4.69, 9.17) is 11.5 Å². The summed E-state index contributed by atoms with van der Waals surface area (Å²) in [7, 11) is 0. The summed E-state index contributed by atoms with van der Waals surface area (Å²) in [6, 6.07) is 8.23. The lowest BCUT2D eigenvalue weighted by molar-refractivity contribution is 0.867. The molecule has 4 nitrogen and oxygen atoms in total. The van der Waals surface area contributed by atoms with E-state index in [0.717, 1.165) is 11.1 Å². The number of nitrogens with two attached hydrogens (primary N) is 2. The molecule has 2 aromatic rings. The van der Waals surface area contributed by atoms with Gasteiger partial charge in [0.15, 0.2) is 5.82 Å². The lowest BCUT2D eigenvalue weighted by Gasteiger charge is -2.07. The smallest absolute Gasteiger partial charge is 0.161 e. The number of rotatable bonds is 3. The van der Waals surface area contributed by atoms with E-state index in [2.05, 4.69) is 35.9 Å². The quantitative estimate of drug-likeness (QED) is 0.865. The van der Waals surface area contributed by atoms with E-state index in [1.807, 2.05) is 12.1 Å². The van der Waals surface area contributed by atoms with E-state index in [9.17, 15) is 0 Å². The number of hydrogen-bond donors (Lipinski definition) is 2. The van der Waals surface area contributed by atoms with E-state index < -0.39 is 0 Å². The Hall–Kier alpha value is -1.94. The van der Waals surface area contributed by atoms with Gasteiger partial charge in [-0.2, -0.15) is 0 Å². The zero-order valence-electron chi connectivity index (χ0n) is 10.7. The Morgan fingerprint density at radius 1 is 1.17 bits per heavy atom. The fourth-order valence-electron chi connectivity index (χ4n) is 1.73. The molecule has 4 heteroatoms. The van der Waals surface area contributed by atoms with Gasteiger partial charge in [0.25, 0.3) is 0 Å². The minimum absolute atomic E-state index is 0.360. The van der Waals surface area contributed by atoms with Gasteiger partial charge in [-0.25, -0.2) is 9.97 Å². The Kier molecular flexibility index (Phi) is 3.58. The number of aromatic nitrogens is 2. The highest BCUT2D eigenvalue weighted by molar-refractivity contribution is 5.58. The van der Waals surface area contributed by atoms with Gasteiger partial charge < -0.3 is 11.5 Å². The molecule has 18 heavy (non-hydrogen) atoms. The predicted molar refractivity (Wildman–Crippen MR) is 73.9 cm³/mol. The molecular formula is C14H18N4. The van der Waals surface area contributed by atoms with Crippen LogP contribution in [-0.2, 0) is 6.54 Å². The third-order valence-corrected chi connectivity index (χ3v) is 2.95. The fourth-order valence-corrected chi connectivity index (χ4v) is 1.73. The lowest BCUT2D eigenvalue weighted by Crippen LogP contribution is -2.05. The second-order valence-corrected chi connectivity index (χ2v) is 4.58. The van der Waals surface area contributed by atoms with Gasteiger partial charge in [0.2, 0.25) is 0 Å². The van der Waals surface area contributed by atoms with Crippen LogP contribution in [0, 0.1) is 0 Å². The maximum atomic E-state index is 5.82. The first-order chi connectivity index (χ1) is 8.61. The first kappa shape index (κ1) is 12.5. The van der Waals surface area contributed by atoms with Crippen molar-refractivity contribution in [3.63, 3.8) is 0 Å². The van der Waals surface area contributed by atoms with E-state index >= 15 is 0 Å². The molecule has 0 bridgehead atoms. The second-order valence-electron chi connectivity index (χ2n) is 4.58. The maximum absolute atomic E-state index is 5.82. The summed E-state index contributed by atoms with van der Waals surface area (Å²) in [5.41, 5.74) is 14.4. The second kappa shape index (κ2) is 5.14. The molecule has 0 aliphatic carbocycles. The molecule has 0 aliphatic rings. The molecule has 0 spiro atoms. The van der Waals surface area contributed by atoms with Crippen molar-refractivity contribution in [2.45, 2.75) is 26.3 Å². The number of benzene rings is 1. The summed E-state index contributed by atoms with van der Waals surface area (Å²) in [6.07, 6.45) is 1.69. The van der Waals surface area contributed by atoms with Crippen LogP contribution in [0.4, 0.5) is 5.82 Å². The van der Waals surface area contributed by atoms with Crippen molar-refractivity contribution >= 4 is 5.82 Å². The molecule has 2 rings (SSSR count). The van der Waals surface area contributed by atoms with Gasteiger partial charge in [-0.05, 0) is 11.5 Å². The summed E-state index contributed by atoms with van der Waals surface area (Å²) in [5, 5.41) is 0. The first-order valence-corrected chi connectivity index (χ1v) is 6.03. The van der Waals surface area contributed by atoms with Crippen molar-refractivity contribution in [3.05, 3.63) is 41.6 Å². The number of nitrogens with zero attached hydrogens (tertiary/aromatic N) is 2. The van der Waals surface area contributed by atoms with E-state index in [1.54, 1.807) is 6.20 Å². The zero-order valence-corrected chi connectivity index (χ0v) is 10.7. The number of hydrogen-bond acceptors (Lipinski definition) is 4. The van der Waals surface area contributed by atoms with Crippen LogP contribution in [0.5, 0.6) is 0 Å². The van der Waals surface area contributed by atoms with Crippen LogP contribution >= 0.6 is 0 Å². The standard InChI is InChI=1S/C14H18N4/c1-9(2)10-3-5-11(6-4-10)14-17-8-12(7-15)13(16)18-14/h3-6,8-9H,7,15H2,1-2H3,(H2,16,17,18). The Morgan fingerprint density at radius 2 is 1.83 bits per heavy atom. The molecule has 0 atom stereocenters. The molecule has 94 valence electrons. The molecule has 0 unspecified atom stereocenters. The highest BCUT2D eigenvalue weighted by atomic mass is 14.9. The highest BCUT2D eigenvalue weighted by Gasteiger charge is 2.06. The van der Waals surface area contributed by atoms with Crippen molar-refractivity contribution in [3.8, 4) is 11.4 Å². The largest absolute Gasteiger partial charge is 0.383 e. The molecule has 4 N–H and O–H groups in total. The zero-order chi connectivity index (χ0) is 13.1. The molecule has 0 radical (unpaired) electrons. The molecule has 1 aromatic carbocycles. The average molecular weight is 242 g/mol. The van der Waals surface area contributed by atoms with Crippen molar-refractivity contribution in [2.75, 3.05) is 5.73 Å². The van der Waals surface area contributed by atoms with E-state index in [1.165, 1.54) is 5.56 Å². The minimum Gasteiger partial charge on any atom is -0.383 e. The monoisotopic (exact) mass is 242 g/mol. The van der Waals surface area contributed by atoms with Gasteiger partial charge in [0.05, 0.1) is 0 Å². The molecule has 0 saturated heterocycles. The Morgan fingerprint density at radius 3 is 2.33 bits per heavy atom.